The number of carbonyl (C=O) groups is 1. The van der Waals surface area contributed by atoms with Gasteiger partial charge in [0.1, 0.15) is 5.66 Å². The van der Waals surface area contributed by atoms with Crippen LogP contribution in [0.4, 0.5) is 0 Å². The summed E-state index contributed by atoms with van der Waals surface area (Å²) in [5, 5.41) is 6.71. The molecule has 0 spiro atoms. The van der Waals surface area contributed by atoms with Gasteiger partial charge in [0.15, 0.2) is 0 Å². The van der Waals surface area contributed by atoms with Gasteiger partial charge in [0.05, 0.1) is 5.70 Å². The topological polar surface area (TPSA) is 41.1 Å². The van der Waals surface area contributed by atoms with E-state index in [-0.39, 0.29) is 5.91 Å². The Hall–Kier alpha value is -2.55. The van der Waals surface area contributed by atoms with Crippen LogP contribution in [-0.4, -0.2) is 5.91 Å². The van der Waals surface area contributed by atoms with Crippen LogP contribution in [0.3, 0.4) is 0 Å². The van der Waals surface area contributed by atoms with Crippen molar-refractivity contribution in [1.29, 1.82) is 0 Å². The van der Waals surface area contributed by atoms with Crippen molar-refractivity contribution in [3.63, 3.8) is 0 Å². The Morgan fingerprint density at radius 1 is 0.909 bits per heavy atom. The molecule has 1 amide bonds. The van der Waals surface area contributed by atoms with Crippen molar-refractivity contribution < 1.29 is 4.79 Å². The molecule has 1 unspecified atom stereocenters. The monoisotopic (exact) mass is 292 g/mol. The van der Waals surface area contributed by atoms with Crippen LogP contribution in [-0.2, 0) is 10.5 Å². The number of hydrogen-bond acceptors (Lipinski definition) is 2. The van der Waals surface area contributed by atoms with Crippen molar-refractivity contribution >= 4 is 11.6 Å². The second kappa shape index (κ2) is 5.68. The van der Waals surface area contributed by atoms with E-state index in [0.717, 1.165) is 23.2 Å². The molecule has 1 aliphatic heterocycles. The normalized spacial score (nSPS) is 21.3. The maximum absolute atomic E-state index is 12.5. The lowest BCUT2D eigenvalue weighted by atomic mass is 9.91. The van der Waals surface area contributed by atoms with Crippen LogP contribution < -0.4 is 10.6 Å². The summed E-state index contributed by atoms with van der Waals surface area (Å²) in [5.41, 5.74) is 3.14. The Morgan fingerprint density at radius 3 is 2.09 bits per heavy atom. The van der Waals surface area contributed by atoms with E-state index in [2.05, 4.69) is 17.6 Å². The molecule has 2 N–H and O–H groups in total. The molecule has 0 bridgehead atoms. The number of benzene rings is 2. The first-order valence-corrected chi connectivity index (χ1v) is 7.59. The molecule has 3 heteroatoms. The quantitative estimate of drug-likeness (QED) is 0.910. The fourth-order valence-corrected chi connectivity index (χ4v) is 2.88. The van der Waals surface area contributed by atoms with Crippen molar-refractivity contribution in [1.82, 2.24) is 10.6 Å². The van der Waals surface area contributed by atoms with Gasteiger partial charge in [-0.05, 0) is 24.5 Å². The van der Waals surface area contributed by atoms with Gasteiger partial charge in [0.25, 0.3) is 5.91 Å². The Labute approximate surface area is 131 Å². The Kier molecular flexibility index (Phi) is 3.72. The minimum atomic E-state index is -0.566. The van der Waals surface area contributed by atoms with Crippen molar-refractivity contribution in [3.8, 4) is 0 Å². The summed E-state index contributed by atoms with van der Waals surface area (Å²) in [6, 6.07) is 20.1. The fourth-order valence-electron chi connectivity index (χ4n) is 2.88. The highest BCUT2D eigenvalue weighted by molar-refractivity contribution is 6.02. The predicted octanol–water partition coefficient (Wildman–Crippen LogP) is 3.40. The smallest absolute Gasteiger partial charge is 0.251 e. The summed E-state index contributed by atoms with van der Waals surface area (Å²) in [6.45, 7) is 3.93. The summed E-state index contributed by atoms with van der Waals surface area (Å²) in [7, 11) is 0. The summed E-state index contributed by atoms with van der Waals surface area (Å²) >= 11 is 0. The maximum Gasteiger partial charge on any atom is 0.251 e. The second-order valence-corrected chi connectivity index (χ2v) is 5.57. The van der Waals surface area contributed by atoms with E-state index in [1.165, 1.54) is 0 Å². The first-order chi connectivity index (χ1) is 10.7. The van der Waals surface area contributed by atoms with Crippen molar-refractivity contribution in [2.45, 2.75) is 25.9 Å². The Morgan fingerprint density at radius 2 is 1.50 bits per heavy atom. The molecule has 0 aromatic heterocycles. The third-order valence-electron chi connectivity index (χ3n) is 4.24. The SMILES string of the molecule is CCC1(c2ccccc2)NC(=O)C(C)=C(c2ccccc2)N1. The summed E-state index contributed by atoms with van der Waals surface area (Å²) in [4.78, 5) is 12.5. The van der Waals surface area contributed by atoms with E-state index in [4.69, 9.17) is 0 Å². The van der Waals surface area contributed by atoms with Crippen LogP contribution in [0.25, 0.3) is 5.70 Å². The van der Waals surface area contributed by atoms with Gasteiger partial charge in [-0.1, -0.05) is 67.6 Å². The summed E-state index contributed by atoms with van der Waals surface area (Å²) < 4.78 is 0. The molecule has 3 nitrogen and oxygen atoms in total. The van der Waals surface area contributed by atoms with Crippen LogP contribution >= 0.6 is 0 Å². The lowest BCUT2D eigenvalue weighted by Crippen LogP contribution is -2.58. The van der Waals surface area contributed by atoms with E-state index < -0.39 is 5.66 Å². The maximum atomic E-state index is 12.5. The van der Waals surface area contributed by atoms with Gasteiger partial charge in [0.2, 0.25) is 0 Å². The van der Waals surface area contributed by atoms with Gasteiger partial charge in [0, 0.05) is 5.57 Å². The molecule has 2 aromatic carbocycles. The first-order valence-electron chi connectivity index (χ1n) is 7.59. The molecule has 0 aliphatic carbocycles. The van der Waals surface area contributed by atoms with Crippen molar-refractivity contribution in [3.05, 3.63) is 77.4 Å². The largest absolute Gasteiger partial charge is 0.358 e. The average Bonchev–Trinajstić information content (AvgIpc) is 2.59. The van der Waals surface area contributed by atoms with Gasteiger partial charge < -0.3 is 10.6 Å². The molecule has 0 saturated carbocycles. The van der Waals surface area contributed by atoms with Crippen LogP contribution in [0.15, 0.2) is 66.2 Å². The van der Waals surface area contributed by atoms with Gasteiger partial charge in [-0.3, -0.25) is 4.79 Å². The molecule has 0 radical (unpaired) electrons. The molecule has 22 heavy (non-hydrogen) atoms. The third kappa shape index (κ3) is 2.39. The molecule has 2 aromatic rings. The second-order valence-electron chi connectivity index (χ2n) is 5.57. The van der Waals surface area contributed by atoms with Gasteiger partial charge >= 0.3 is 0 Å². The zero-order chi connectivity index (χ0) is 15.6. The van der Waals surface area contributed by atoms with Gasteiger partial charge in [-0.2, -0.15) is 0 Å². The first kappa shape index (κ1) is 14.4. The molecule has 0 fully saturated rings. The number of hydrogen-bond donors (Lipinski definition) is 2. The highest BCUT2D eigenvalue weighted by atomic mass is 16.2. The van der Waals surface area contributed by atoms with Crippen molar-refractivity contribution in [2.75, 3.05) is 0 Å². The minimum absolute atomic E-state index is 0.0247. The predicted molar refractivity (Wildman–Crippen MR) is 88.7 cm³/mol. The van der Waals surface area contributed by atoms with E-state index in [9.17, 15) is 4.79 Å². The number of carbonyl (C=O) groups excluding carboxylic acids is 1. The molecule has 112 valence electrons. The lowest BCUT2D eigenvalue weighted by Gasteiger charge is -2.41. The molecule has 0 saturated heterocycles. The van der Waals surface area contributed by atoms with Crippen LogP contribution in [0.1, 0.15) is 31.4 Å². The van der Waals surface area contributed by atoms with Crippen LogP contribution in [0, 0.1) is 0 Å². The van der Waals surface area contributed by atoms with E-state index in [0.29, 0.717) is 5.57 Å². The fraction of sp³-hybridized carbons (Fsp3) is 0.211. The van der Waals surface area contributed by atoms with E-state index in [1.807, 2.05) is 67.6 Å². The minimum Gasteiger partial charge on any atom is -0.358 e. The Bertz CT molecular complexity index is 707. The molecule has 1 heterocycles. The molecule has 1 aliphatic rings. The Balaban J connectivity index is 2.09. The zero-order valence-corrected chi connectivity index (χ0v) is 12.9. The number of nitrogens with one attached hydrogen (secondary N) is 2. The number of amides is 1. The van der Waals surface area contributed by atoms with Crippen LogP contribution in [0.2, 0.25) is 0 Å². The molecular weight excluding hydrogens is 272 g/mol. The zero-order valence-electron chi connectivity index (χ0n) is 12.9. The van der Waals surface area contributed by atoms with E-state index in [1.54, 1.807) is 0 Å². The van der Waals surface area contributed by atoms with Gasteiger partial charge in [-0.25, -0.2) is 0 Å². The molecule has 1 atom stereocenters. The molecular formula is C19H20N2O. The highest BCUT2D eigenvalue weighted by Gasteiger charge is 2.37. The highest BCUT2D eigenvalue weighted by Crippen LogP contribution is 2.31. The molecule has 3 rings (SSSR count). The van der Waals surface area contributed by atoms with Crippen molar-refractivity contribution in [2.24, 2.45) is 0 Å². The van der Waals surface area contributed by atoms with E-state index >= 15 is 0 Å². The van der Waals surface area contributed by atoms with Crippen LogP contribution in [0.5, 0.6) is 0 Å². The average molecular weight is 292 g/mol. The third-order valence-corrected chi connectivity index (χ3v) is 4.24. The standard InChI is InChI=1S/C19H20N2O/c1-3-19(16-12-8-5-9-13-16)20-17(14(2)18(22)21-19)15-10-6-4-7-11-15/h4-13,20H,3H2,1-2H3,(H,21,22). The lowest BCUT2D eigenvalue weighted by molar-refractivity contribution is -0.120. The number of rotatable bonds is 3. The summed E-state index contributed by atoms with van der Waals surface area (Å²) in [6.07, 6.45) is 0.756. The van der Waals surface area contributed by atoms with Gasteiger partial charge in [-0.15, -0.1) is 0 Å². The summed E-state index contributed by atoms with van der Waals surface area (Å²) in [5.74, 6) is -0.0247.